The quantitative estimate of drug-likeness (QED) is 0.820. The molecular weight excluding hydrogens is 232 g/mol. The monoisotopic (exact) mass is 258 g/mol. The summed E-state index contributed by atoms with van der Waals surface area (Å²) in [4.78, 5) is 0. The summed E-state index contributed by atoms with van der Waals surface area (Å²) in [5.74, 6) is 0. The molecule has 1 aromatic carbocycles. The van der Waals surface area contributed by atoms with Crippen LogP contribution in [0.3, 0.4) is 0 Å². The van der Waals surface area contributed by atoms with Gasteiger partial charge in [-0.05, 0) is 61.3 Å². The van der Waals surface area contributed by atoms with E-state index in [1.807, 2.05) is 0 Å². The maximum absolute atomic E-state index is 3.68. The first-order valence-corrected chi connectivity index (χ1v) is 7.77. The summed E-state index contributed by atoms with van der Waals surface area (Å²) < 4.78 is 0. The second-order valence-electron chi connectivity index (χ2n) is 6.44. The maximum Gasteiger partial charge on any atom is 0.0205 e. The highest BCUT2D eigenvalue weighted by molar-refractivity contribution is 5.35. The van der Waals surface area contributed by atoms with Crippen molar-refractivity contribution < 1.29 is 0 Å². The van der Waals surface area contributed by atoms with Gasteiger partial charge in [-0.3, -0.25) is 0 Å². The number of fused-ring (bicyclic) bond motifs is 1. The van der Waals surface area contributed by atoms with Gasteiger partial charge in [-0.1, -0.05) is 24.6 Å². The molecule has 1 aromatic rings. The van der Waals surface area contributed by atoms with E-state index in [4.69, 9.17) is 0 Å². The minimum Gasteiger partial charge on any atom is -0.319 e. The average Bonchev–Trinajstić information content (AvgIpc) is 2.83. The van der Waals surface area contributed by atoms with Crippen molar-refractivity contribution in [1.29, 1.82) is 0 Å². The van der Waals surface area contributed by atoms with Crippen molar-refractivity contribution in [2.24, 2.45) is 5.41 Å². The highest BCUT2D eigenvalue weighted by Gasteiger charge is 2.35. The second kappa shape index (κ2) is 5.64. The molecule has 2 aliphatic carbocycles. The first kappa shape index (κ1) is 13.1. The molecule has 104 valence electrons. The van der Waals surface area contributed by atoms with Crippen molar-refractivity contribution in [3.05, 3.63) is 34.9 Å². The number of hydrogen-bond donors (Lipinski definition) is 2. The van der Waals surface area contributed by atoms with E-state index < -0.39 is 0 Å². The Labute approximate surface area is 117 Å². The minimum absolute atomic E-state index is 0.533. The third kappa shape index (κ3) is 2.85. The SMILES string of the molecule is CNCC1(CNCc2ccc3c(c2)CCC3)CCC1. The van der Waals surface area contributed by atoms with E-state index in [0.29, 0.717) is 5.41 Å². The highest BCUT2D eigenvalue weighted by Crippen LogP contribution is 2.39. The van der Waals surface area contributed by atoms with E-state index in [0.717, 1.165) is 19.6 Å². The van der Waals surface area contributed by atoms with Crippen molar-refractivity contribution >= 4 is 0 Å². The molecule has 2 heteroatoms. The third-order valence-corrected chi connectivity index (χ3v) is 4.96. The molecule has 0 saturated heterocycles. The number of aryl methyl sites for hydroxylation is 2. The number of benzene rings is 1. The van der Waals surface area contributed by atoms with Crippen molar-refractivity contribution in [2.45, 2.75) is 45.1 Å². The van der Waals surface area contributed by atoms with Crippen LogP contribution in [0.25, 0.3) is 0 Å². The predicted octanol–water partition coefficient (Wildman–Crippen LogP) is 2.65. The van der Waals surface area contributed by atoms with Gasteiger partial charge in [0, 0.05) is 19.6 Å². The lowest BCUT2D eigenvalue weighted by molar-refractivity contribution is 0.130. The van der Waals surface area contributed by atoms with Crippen LogP contribution in [-0.4, -0.2) is 20.1 Å². The molecule has 0 unspecified atom stereocenters. The molecule has 0 atom stereocenters. The summed E-state index contributed by atoms with van der Waals surface area (Å²) >= 11 is 0. The van der Waals surface area contributed by atoms with Gasteiger partial charge in [-0.15, -0.1) is 0 Å². The van der Waals surface area contributed by atoms with Crippen LogP contribution in [0.15, 0.2) is 18.2 Å². The van der Waals surface area contributed by atoms with Gasteiger partial charge < -0.3 is 10.6 Å². The number of hydrogen-bond acceptors (Lipinski definition) is 2. The van der Waals surface area contributed by atoms with Gasteiger partial charge in [0.15, 0.2) is 0 Å². The van der Waals surface area contributed by atoms with E-state index in [2.05, 4.69) is 35.9 Å². The summed E-state index contributed by atoms with van der Waals surface area (Å²) in [6, 6.07) is 7.07. The van der Waals surface area contributed by atoms with E-state index in [1.165, 1.54) is 44.1 Å². The molecule has 0 aliphatic heterocycles. The summed E-state index contributed by atoms with van der Waals surface area (Å²) in [6.45, 7) is 3.34. The predicted molar refractivity (Wildman–Crippen MR) is 80.4 cm³/mol. The Hall–Kier alpha value is -0.860. The van der Waals surface area contributed by atoms with Gasteiger partial charge in [0.25, 0.3) is 0 Å². The normalized spacial score (nSPS) is 20.1. The smallest absolute Gasteiger partial charge is 0.0205 e. The van der Waals surface area contributed by atoms with Crippen LogP contribution >= 0.6 is 0 Å². The summed E-state index contributed by atoms with van der Waals surface area (Å²) in [5, 5.41) is 7.03. The zero-order chi connectivity index (χ0) is 13.1. The van der Waals surface area contributed by atoms with Crippen LogP contribution in [0.4, 0.5) is 0 Å². The fourth-order valence-corrected chi connectivity index (χ4v) is 3.67. The Morgan fingerprint density at radius 3 is 2.63 bits per heavy atom. The summed E-state index contributed by atoms with van der Waals surface area (Å²) in [5.41, 5.74) is 5.16. The van der Waals surface area contributed by atoms with E-state index in [1.54, 1.807) is 11.1 Å². The first-order chi connectivity index (χ1) is 9.31. The average molecular weight is 258 g/mol. The maximum atomic E-state index is 3.68. The Morgan fingerprint density at radius 1 is 1.05 bits per heavy atom. The van der Waals surface area contributed by atoms with E-state index in [-0.39, 0.29) is 0 Å². The van der Waals surface area contributed by atoms with Crippen LogP contribution in [0.1, 0.15) is 42.4 Å². The Morgan fingerprint density at radius 2 is 1.89 bits per heavy atom. The molecule has 3 rings (SSSR count). The molecule has 0 bridgehead atoms. The van der Waals surface area contributed by atoms with E-state index >= 15 is 0 Å². The lowest BCUT2D eigenvalue weighted by Crippen LogP contribution is -2.46. The molecule has 0 heterocycles. The standard InChI is InChI=1S/C17H26N2/c1-18-12-17(8-3-9-17)13-19-11-14-6-7-15-4-2-5-16(15)10-14/h6-7,10,18-19H,2-5,8-9,11-13H2,1H3. The molecule has 1 saturated carbocycles. The number of rotatable bonds is 6. The molecule has 2 N–H and O–H groups in total. The lowest BCUT2D eigenvalue weighted by atomic mass is 9.68. The Kier molecular flexibility index (Phi) is 3.90. The van der Waals surface area contributed by atoms with Crippen LogP contribution < -0.4 is 10.6 Å². The van der Waals surface area contributed by atoms with Crippen molar-refractivity contribution in [2.75, 3.05) is 20.1 Å². The molecule has 0 amide bonds. The molecular formula is C17H26N2. The van der Waals surface area contributed by atoms with Crippen LogP contribution in [0.5, 0.6) is 0 Å². The topological polar surface area (TPSA) is 24.1 Å². The van der Waals surface area contributed by atoms with Crippen molar-refractivity contribution in [1.82, 2.24) is 10.6 Å². The molecule has 0 aromatic heterocycles. The highest BCUT2D eigenvalue weighted by atomic mass is 14.9. The van der Waals surface area contributed by atoms with Gasteiger partial charge in [0.05, 0.1) is 0 Å². The zero-order valence-electron chi connectivity index (χ0n) is 12.1. The molecule has 1 fully saturated rings. The molecule has 0 spiro atoms. The van der Waals surface area contributed by atoms with Crippen molar-refractivity contribution in [3.63, 3.8) is 0 Å². The molecule has 2 nitrogen and oxygen atoms in total. The van der Waals surface area contributed by atoms with Gasteiger partial charge >= 0.3 is 0 Å². The Balaban J connectivity index is 1.52. The van der Waals surface area contributed by atoms with E-state index in [9.17, 15) is 0 Å². The molecule has 2 aliphatic rings. The zero-order valence-corrected chi connectivity index (χ0v) is 12.1. The summed E-state index contributed by atoms with van der Waals surface area (Å²) in [6.07, 6.45) is 8.08. The fourth-order valence-electron chi connectivity index (χ4n) is 3.67. The first-order valence-electron chi connectivity index (χ1n) is 7.77. The largest absolute Gasteiger partial charge is 0.319 e. The lowest BCUT2D eigenvalue weighted by Gasteiger charge is -2.42. The Bertz CT molecular complexity index is 435. The van der Waals surface area contributed by atoms with Gasteiger partial charge in [-0.25, -0.2) is 0 Å². The van der Waals surface area contributed by atoms with Crippen LogP contribution in [0, 0.1) is 5.41 Å². The van der Waals surface area contributed by atoms with Crippen LogP contribution in [0.2, 0.25) is 0 Å². The summed E-state index contributed by atoms with van der Waals surface area (Å²) in [7, 11) is 2.07. The number of nitrogens with one attached hydrogen (secondary N) is 2. The minimum atomic E-state index is 0.533. The third-order valence-electron chi connectivity index (χ3n) is 4.96. The molecule has 0 radical (unpaired) electrons. The fraction of sp³-hybridized carbons (Fsp3) is 0.647. The van der Waals surface area contributed by atoms with Crippen molar-refractivity contribution in [3.8, 4) is 0 Å². The van der Waals surface area contributed by atoms with Crippen LogP contribution in [-0.2, 0) is 19.4 Å². The second-order valence-corrected chi connectivity index (χ2v) is 6.44. The van der Waals surface area contributed by atoms with Gasteiger partial charge in [-0.2, -0.15) is 0 Å². The molecule has 19 heavy (non-hydrogen) atoms. The van der Waals surface area contributed by atoms with Gasteiger partial charge in [0.2, 0.25) is 0 Å². The van der Waals surface area contributed by atoms with Gasteiger partial charge in [0.1, 0.15) is 0 Å².